The van der Waals surface area contributed by atoms with Gasteiger partial charge in [-0.1, -0.05) is 19.3 Å². The predicted octanol–water partition coefficient (Wildman–Crippen LogP) is 3.60. The summed E-state index contributed by atoms with van der Waals surface area (Å²) in [5, 5.41) is 11.4. The minimum Gasteiger partial charge on any atom is -0.349 e. The van der Waals surface area contributed by atoms with Crippen LogP contribution in [0.4, 0.5) is 4.39 Å². The summed E-state index contributed by atoms with van der Waals surface area (Å²) in [6.07, 6.45) is 7.49. The van der Waals surface area contributed by atoms with E-state index in [1.807, 2.05) is 0 Å². The minimum absolute atomic E-state index is 0.0688. The Labute approximate surface area is 144 Å². The molecule has 4 rings (SSSR count). The van der Waals surface area contributed by atoms with Gasteiger partial charge in [0.05, 0.1) is 0 Å². The second-order valence-corrected chi connectivity index (χ2v) is 6.48. The van der Waals surface area contributed by atoms with E-state index in [-0.39, 0.29) is 17.8 Å². The summed E-state index contributed by atoms with van der Waals surface area (Å²) < 4.78 is 14.9. The van der Waals surface area contributed by atoms with Crippen LogP contribution in [0.1, 0.15) is 42.5 Å². The fourth-order valence-corrected chi connectivity index (χ4v) is 3.34. The van der Waals surface area contributed by atoms with E-state index in [4.69, 9.17) is 0 Å². The number of carbonyl (C=O) groups excluding carboxylic acids is 1. The van der Waals surface area contributed by atoms with E-state index in [2.05, 4.69) is 15.5 Å². The lowest BCUT2D eigenvalue weighted by molar-refractivity contribution is 0.0927. The van der Waals surface area contributed by atoms with E-state index < -0.39 is 0 Å². The Morgan fingerprint density at radius 2 is 1.84 bits per heavy atom. The molecule has 3 aromatic rings. The van der Waals surface area contributed by atoms with Crippen molar-refractivity contribution in [3.63, 3.8) is 0 Å². The SMILES string of the molecule is O=C(NC1CCCCC1)c1ccn2c(-c3ccc(F)cc3)nnc2c1. The molecule has 0 spiro atoms. The Balaban J connectivity index is 1.58. The number of fused-ring (bicyclic) bond motifs is 1. The molecular weight excluding hydrogens is 319 g/mol. The number of carbonyl (C=O) groups is 1. The molecule has 1 fully saturated rings. The summed E-state index contributed by atoms with van der Waals surface area (Å²) in [7, 11) is 0. The van der Waals surface area contributed by atoms with E-state index in [0.717, 1.165) is 18.4 Å². The molecule has 1 amide bonds. The maximum atomic E-state index is 13.1. The highest BCUT2D eigenvalue weighted by Crippen LogP contribution is 2.20. The molecule has 1 N–H and O–H groups in total. The molecule has 2 aromatic heterocycles. The van der Waals surface area contributed by atoms with Crippen molar-refractivity contribution in [2.45, 2.75) is 38.1 Å². The molecular formula is C19H19FN4O. The molecule has 128 valence electrons. The predicted molar refractivity (Wildman–Crippen MR) is 92.7 cm³/mol. The van der Waals surface area contributed by atoms with Gasteiger partial charge in [0.2, 0.25) is 0 Å². The smallest absolute Gasteiger partial charge is 0.251 e. The lowest BCUT2D eigenvalue weighted by atomic mass is 9.95. The Kier molecular flexibility index (Phi) is 4.17. The van der Waals surface area contributed by atoms with Gasteiger partial charge in [-0.05, 0) is 49.2 Å². The zero-order chi connectivity index (χ0) is 17.2. The average Bonchev–Trinajstić information content (AvgIpc) is 3.06. The minimum atomic E-state index is -0.292. The van der Waals surface area contributed by atoms with Crippen LogP contribution in [0.3, 0.4) is 0 Å². The van der Waals surface area contributed by atoms with Crippen molar-refractivity contribution in [1.29, 1.82) is 0 Å². The van der Waals surface area contributed by atoms with Gasteiger partial charge in [0.25, 0.3) is 5.91 Å². The van der Waals surface area contributed by atoms with Gasteiger partial charge in [-0.2, -0.15) is 0 Å². The van der Waals surface area contributed by atoms with Crippen LogP contribution in [0.5, 0.6) is 0 Å². The van der Waals surface area contributed by atoms with Gasteiger partial charge in [-0.15, -0.1) is 10.2 Å². The summed E-state index contributed by atoms with van der Waals surface area (Å²) in [5.74, 6) is 0.259. The molecule has 2 heterocycles. The third-order valence-electron chi connectivity index (χ3n) is 4.71. The number of hydrogen-bond donors (Lipinski definition) is 1. The van der Waals surface area contributed by atoms with Gasteiger partial charge in [-0.25, -0.2) is 4.39 Å². The van der Waals surface area contributed by atoms with E-state index in [9.17, 15) is 9.18 Å². The summed E-state index contributed by atoms with van der Waals surface area (Å²) in [6.45, 7) is 0. The number of benzene rings is 1. The maximum absolute atomic E-state index is 13.1. The van der Waals surface area contributed by atoms with Crippen LogP contribution in [0.25, 0.3) is 17.0 Å². The topological polar surface area (TPSA) is 59.3 Å². The molecule has 25 heavy (non-hydrogen) atoms. The van der Waals surface area contributed by atoms with Crippen molar-refractivity contribution >= 4 is 11.6 Å². The normalized spacial score (nSPS) is 15.4. The zero-order valence-electron chi connectivity index (χ0n) is 13.8. The molecule has 5 nitrogen and oxygen atoms in total. The number of nitrogens with one attached hydrogen (secondary N) is 1. The van der Waals surface area contributed by atoms with Crippen molar-refractivity contribution in [3.8, 4) is 11.4 Å². The number of halogens is 1. The first-order valence-corrected chi connectivity index (χ1v) is 8.62. The highest BCUT2D eigenvalue weighted by atomic mass is 19.1. The molecule has 0 saturated heterocycles. The van der Waals surface area contributed by atoms with E-state index in [0.29, 0.717) is 17.0 Å². The number of rotatable bonds is 3. The number of pyridine rings is 1. The van der Waals surface area contributed by atoms with Crippen molar-refractivity contribution in [3.05, 3.63) is 54.0 Å². The van der Waals surface area contributed by atoms with Crippen LogP contribution >= 0.6 is 0 Å². The van der Waals surface area contributed by atoms with Crippen molar-refractivity contribution < 1.29 is 9.18 Å². The molecule has 0 unspecified atom stereocenters. The van der Waals surface area contributed by atoms with Crippen LogP contribution in [-0.2, 0) is 0 Å². The molecule has 0 atom stereocenters. The number of nitrogens with zero attached hydrogens (tertiary/aromatic N) is 3. The van der Waals surface area contributed by atoms with Gasteiger partial charge in [0, 0.05) is 23.4 Å². The standard InChI is InChI=1S/C19H19FN4O/c20-15-8-6-13(7-9-15)18-23-22-17-12-14(10-11-24(17)18)19(25)21-16-4-2-1-3-5-16/h6-12,16H,1-5H2,(H,21,25). The average molecular weight is 338 g/mol. The Morgan fingerprint density at radius 1 is 1.08 bits per heavy atom. The largest absolute Gasteiger partial charge is 0.349 e. The summed E-state index contributed by atoms with van der Waals surface area (Å²) in [6, 6.07) is 9.88. The molecule has 1 aliphatic carbocycles. The summed E-state index contributed by atoms with van der Waals surface area (Å²) in [5.41, 5.74) is 1.94. The van der Waals surface area contributed by atoms with Gasteiger partial charge >= 0.3 is 0 Å². The lowest BCUT2D eigenvalue weighted by Crippen LogP contribution is -2.36. The molecule has 1 aromatic carbocycles. The van der Waals surface area contributed by atoms with E-state index in [1.165, 1.54) is 31.4 Å². The quantitative estimate of drug-likeness (QED) is 0.794. The lowest BCUT2D eigenvalue weighted by Gasteiger charge is -2.22. The fraction of sp³-hybridized carbons (Fsp3) is 0.316. The Hall–Kier alpha value is -2.76. The van der Waals surface area contributed by atoms with Gasteiger partial charge in [0.1, 0.15) is 5.82 Å². The van der Waals surface area contributed by atoms with E-state index in [1.54, 1.807) is 34.9 Å². The van der Waals surface area contributed by atoms with Crippen molar-refractivity contribution in [1.82, 2.24) is 19.9 Å². The summed E-state index contributed by atoms with van der Waals surface area (Å²) >= 11 is 0. The van der Waals surface area contributed by atoms with Gasteiger partial charge < -0.3 is 5.32 Å². The number of aromatic nitrogens is 3. The van der Waals surface area contributed by atoms with Gasteiger partial charge in [0.15, 0.2) is 11.5 Å². The number of hydrogen-bond acceptors (Lipinski definition) is 3. The molecule has 1 aliphatic rings. The molecule has 1 saturated carbocycles. The van der Waals surface area contributed by atoms with Crippen LogP contribution in [0, 0.1) is 5.82 Å². The third kappa shape index (κ3) is 3.24. The first kappa shape index (κ1) is 15.7. The fourth-order valence-electron chi connectivity index (χ4n) is 3.34. The van der Waals surface area contributed by atoms with Crippen molar-refractivity contribution in [2.75, 3.05) is 0 Å². The maximum Gasteiger partial charge on any atom is 0.251 e. The third-order valence-corrected chi connectivity index (χ3v) is 4.71. The highest BCUT2D eigenvalue weighted by Gasteiger charge is 2.17. The number of amides is 1. The molecule has 6 heteroatoms. The van der Waals surface area contributed by atoms with Crippen molar-refractivity contribution in [2.24, 2.45) is 0 Å². The molecule has 0 radical (unpaired) electrons. The second-order valence-electron chi connectivity index (χ2n) is 6.48. The van der Waals surface area contributed by atoms with Crippen LogP contribution < -0.4 is 5.32 Å². The monoisotopic (exact) mass is 338 g/mol. The van der Waals surface area contributed by atoms with Crippen LogP contribution in [-0.4, -0.2) is 26.5 Å². The summed E-state index contributed by atoms with van der Waals surface area (Å²) in [4.78, 5) is 12.5. The Bertz CT molecular complexity index is 897. The van der Waals surface area contributed by atoms with Crippen LogP contribution in [0.2, 0.25) is 0 Å². The zero-order valence-corrected chi connectivity index (χ0v) is 13.8. The first-order valence-electron chi connectivity index (χ1n) is 8.62. The molecule has 0 bridgehead atoms. The second kappa shape index (κ2) is 6.63. The first-order chi connectivity index (χ1) is 12.2. The van der Waals surface area contributed by atoms with E-state index >= 15 is 0 Å². The highest BCUT2D eigenvalue weighted by molar-refractivity contribution is 5.95. The molecule has 0 aliphatic heterocycles. The van der Waals surface area contributed by atoms with Gasteiger partial charge in [-0.3, -0.25) is 9.20 Å². The Morgan fingerprint density at radius 3 is 2.60 bits per heavy atom. The van der Waals surface area contributed by atoms with Crippen LogP contribution in [0.15, 0.2) is 42.6 Å².